The van der Waals surface area contributed by atoms with Crippen molar-refractivity contribution < 1.29 is 27.2 Å². The molecule has 0 saturated heterocycles. The van der Waals surface area contributed by atoms with E-state index < -0.39 is 17.6 Å². The van der Waals surface area contributed by atoms with Crippen LogP contribution in [0.2, 0.25) is 0 Å². The van der Waals surface area contributed by atoms with E-state index in [1.165, 1.54) is 24.3 Å². The van der Waals surface area contributed by atoms with Crippen LogP contribution in [0.4, 0.5) is 13.2 Å². The Labute approximate surface area is 176 Å². The first-order valence-corrected chi connectivity index (χ1v) is 9.69. The predicted molar refractivity (Wildman–Crippen MR) is 107 cm³/mol. The summed E-state index contributed by atoms with van der Waals surface area (Å²) >= 11 is 0. The second-order valence-electron chi connectivity index (χ2n) is 7.47. The van der Waals surface area contributed by atoms with Crippen molar-refractivity contribution in [3.8, 4) is 11.3 Å². The molecule has 160 valence electrons. The monoisotopic (exact) mass is 428 g/mol. The molecule has 8 heteroatoms. The Morgan fingerprint density at radius 2 is 1.74 bits per heavy atom. The van der Waals surface area contributed by atoms with Gasteiger partial charge >= 0.3 is 6.18 Å². The van der Waals surface area contributed by atoms with Crippen molar-refractivity contribution in [1.29, 1.82) is 0 Å². The van der Waals surface area contributed by atoms with E-state index in [2.05, 4.69) is 0 Å². The Bertz CT molecular complexity index is 1120. The van der Waals surface area contributed by atoms with E-state index >= 15 is 0 Å². The summed E-state index contributed by atoms with van der Waals surface area (Å²) in [4.78, 5) is 26.0. The quantitative estimate of drug-likeness (QED) is 0.609. The molecular weight excluding hydrogens is 409 g/mol. The van der Waals surface area contributed by atoms with Gasteiger partial charge in [-0.15, -0.1) is 0 Å². The predicted octanol–water partition coefficient (Wildman–Crippen LogP) is 4.87. The molecule has 0 radical (unpaired) electrons. The number of carbonyl (C=O) groups excluding carboxylic acids is 2. The lowest BCUT2D eigenvalue weighted by Gasteiger charge is -2.21. The zero-order valence-corrected chi connectivity index (χ0v) is 16.4. The maximum Gasteiger partial charge on any atom is 0.416 e. The molecule has 31 heavy (non-hydrogen) atoms. The molecule has 4 rings (SSSR count). The highest BCUT2D eigenvalue weighted by Crippen LogP contribution is 2.34. The van der Waals surface area contributed by atoms with Gasteiger partial charge in [0.15, 0.2) is 5.76 Å². The number of primary amides is 1. The van der Waals surface area contributed by atoms with Crippen molar-refractivity contribution in [3.63, 3.8) is 0 Å². The average molecular weight is 428 g/mol. The zero-order valence-electron chi connectivity index (χ0n) is 16.4. The normalized spacial score (nSPS) is 13.8. The molecule has 2 aromatic carbocycles. The number of nitrogens with two attached hydrogens (primary N) is 1. The van der Waals surface area contributed by atoms with Crippen LogP contribution in [0.5, 0.6) is 0 Å². The van der Waals surface area contributed by atoms with Gasteiger partial charge in [-0.25, -0.2) is 0 Å². The molecule has 1 aromatic heterocycles. The van der Waals surface area contributed by atoms with Gasteiger partial charge in [0.05, 0.1) is 5.56 Å². The van der Waals surface area contributed by atoms with Crippen molar-refractivity contribution in [2.75, 3.05) is 0 Å². The first-order chi connectivity index (χ1) is 14.7. The summed E-state index contributed by atoms with van der Waals surface area (Å²) in [5, 5.41) is 0. The summed E-state index contributed by atoms with van der Waals surface area (Å²) < 4.78 is 44.6. The molecule has 0 atom stereocenters. The van der Waals surface area contributed by atoms with Gasteiger partial charge in [0.1, 0.15) is 5.76 Å². The minimum absolute atomic E-state index is 0.0630. The molecule has 5 nitrogen and oxygen atoms in total. The lowest BCUT2D eigenvalue weighted by atomic mass is 10.1. The summed E-state index contributed by atoms with van der Waals surface area (Å²) in [5.74, 6) is -0.608. The van der Waals surface area contributed by atoms with Crippen LogP contribution in [-0.4, -0.2) is 22.8 Å². The van der Waals surface area contributed by atoms with Gasteiger partial charge in [-0.2, -0.15) is 13.2 Å². The van der Waals surface area contributed by atoms with Crippen LogP contribution in [-0.2, 0) is 12.7 Å². The van der Waals surface area contributed by atoms with E-state index in [0.29, 0.717) is 12.1 Å². The van der Waals surface area contributed by atoms with E-state index in [4.69, 9.17) is 10.2 Å². The van der Waals surface area contributed by atoms with E-state index in [1.807, 2.05) is 0 Å². The molecule has 0 unspecified atom stereocenters. The van der Waals surface area contributed by atoms with Gasteiger partial charge < -0.3 is 15.1 Å². The number of halogens is 3. The highest BCUT2D eigenvalue weighted by molar-refractivity contribution is 5.93. The number of carbonyl (C=O) groups is 2. The van der Waals surface area contributed by atoms with Crippen LogP contribution in [0, 0.1) is 0 Å². The third-order valence-corrected chi connectivity index (χ3v) is 5.13. The molecule has 0 bridgehead atoms. The second-order valence-corrected chi connectivity index (χ2v) is 7.47. The third-order valence-electron chi connectivity index (χ3n) is 5.13. The summed E-state index contributed by atoms with van der Waals surface area (Å²) in [6.45, 7) is 0.322. The zero-order chi connectivity index (χ0) is 22.2. The van der Waals surface area contributed by atoms with E-state index in [-0.39, 0.29) is 29.0 Å². The summed E-state index contributed by atoms with van der Waals surface area (Å²) in [5.41, 5.74) is 5.92. The Balaban J connectivity index is 1.54. The lowest BCUT2D eigenvalue weighted by Crippen LogP contribution is -2.32. The summed E-state index contributed by atoms with van der Waals surface area (Å²) in [6, 6.07) is 14.5. The molecule has 2 amide bonds. The van der Waals surface area contributed by atoms with Crippen LogP contribution < -0.4 is 5.73 Å². The summed E-state index contributed by atoms with van der Waals surface area (Å²) in [6.07, 6.45) is -2.73. The number of furan rings is 1. The average Bonchev–Trinajstić information content (AvgIpc) is 3.46. The largest absolute Gasteiger partial charge is 0.451 e. The van der Waals surface area contributed by atoms with Crippen LogP contribution >= 0.6 is 0 Å². The van der Waals surface area contributed by atoms with Gasteiger partial charge in [-0.3, -0.25) is 9.59 Å². The van der Waals surface area contributed by atoms with Gasteiger partial charge in [0, 0.05) is 23.7 Å². The highest BCUT2D eigenvalue weighted by Gasteiger charge is 2.35. The van der Waals surface area contributed by atoms with Crippen molar-refractivity contribution in [1.82, 2.24) is 4.90 Å². The van der Waals surface area contributed by atoms with E-state index in [1.54, 1.807) is 29.2 Å². The maximum absolute atomic E-state index is 13.1. The van der Waals surface area contributed by atoms with Crippen LogP contribution in [0.3, 0.4) is 0 Å². The number of hydrogen-bond acceptors (Lipinski definition) is 3. The topological polar surface area (TPSA) is 76.5 Å². The standard InChI is InChI=1S/C23H19F3N2O3/c24-23(25,26)17-3-1-2-16(12-17)19-10-11-20(31-19)22(30)28(18-8-9-18)13-14-4-6-15(7-5-14)21(27)29/h1-7,10-12,18H,8-9,13H2,(H2,27,29). The number of rotatable bonds is 6. The number of nitrogens with zero attached hydrogens (tertiary/aromatic N) is 1. The Hall–Kier alpha value is -3.55. The molecule has 0 aliphatic heterocycles. The highest BCUT2D eigenvalue weighted by atomic mass is 19.4. The number of amides is 2. The SMILES string of the molecule is NC(=O)c1ccc(CN(C(=O)c2ccc(-c3cccc(C(F)(F)F)c3)o2)C2CC2)cc1. The molecule has 1 aliphatic carbocycles. The molecule has 3 aromatic rings. The van der Waals surface area contributed by atoms with Gasteiger partial charge in [0.2, 0.25) is 5.91 Å². The molecule has 1 saturated carbocycles. The van der Waals surface area contributed by atoms with Crippen molar-refractivity contribution >= 4 is 11.8 Å². The second kappa shape index (κ2) is 7.94. The van der Waals surface area contributed by atoms with E-state index in [0.717, 1.165) is 30.5 Å². The van der Waals surface area contributed by atoms with Gasteiger partial charge in [0.25, 0.3) is 5.91 Å². The maximum atomic E-state index is 13.1. The molecule has 1 heterocycles. The van der Waals surface area contributed by atoms with Crippen molar-refractivity contribution in [2.24, 2.45) is 5.73 Å². The molecular formula is C23H19F3N2O3. The van der Waals surface area contributed by atoms with Crippen LogP contribution in [0.1, 0.15) is 44.9 Å². The number of benzene rings is 2. The molecule has 2 N–H and O–H groups in total. The molecule has 0 spiro atoms. The molecule has 1 fully saturated rings. The smallest absolute Gasteiger partial charge is 0.416 e. The lowest BCUT2D eigenvalue weighted by molar-refractivity contribution is -0.137. The Morgan fingerprint density at radius 3 is 2.35 bits per heavy atom. The molecule has 1 aliphatic rings. The van der Waals surface area contributed by atoms with Crippen LogP contribution in [0.15, 0.2) is 65.1 Å². The fraction of sp³-hybridized carbons (Fsp3) is 0.217. The first kappa shape index (κ1) is 20.7. The fourth-order valence-corrected chi connectivity index (χ4v) is 3.32. The van der Waals surface area contributed by atoms with Gasteiger partial charge in [-0.05, 0) is 54.8 Å². The van der Waals surface area contributed by atoms with Gasteiger partial charge in [-0.1, -0.05) is 24.3 Å². The number of alkyl halides is 3. The third kappa shape index (κ3) is 4.63. The van der Waals surface area contributed by atoms with E-state index in [9.17, 15) is 22.8 Å². The first-order valence-electron chi connectivity index (χ1n) is 9.69. The minimum atomic E-state index is -4.46. The Kier molecular flexibility index (Phi) is 5.31. The Morgan fingerprint density at radius 1 is 1.03 bits per heavy atom. The van der Waals surface area contributed by atoms with Crippen molar-refractivity contribution in [3.05, 3.63) is 83.1 Å². The summed E-state index contributed by atoms with van der Waals surface area (Å²) in [7, 11) is 0. The van der Waals surface area contributed by atoms with Crippen molar-refractivity contribution in [2.45, 2.75) is 31.6 Å². The van der Waals surface area contributed by atoms with Crippen LogP contribution in [0.25, 0.3) is 11.3 Å². The number of hydrogen-bond donors (Lipinski definition) is 1. The fourth-order valence-electron chi connectivity index (χ4n) is 3.32. The minimum Gasteiger partial charge on any atom is -0.451 e.